The highest BCUT2D eigenvalue weighted by atomic mass is 16.5. The summed E-state index contributed by atoms with van der Waals surface area (Å²) in [6.45, 7) is 5.59. The summed E-state index contributed by atoms with van der Waals surface area (Å²) in [5.41, 5.74) is 0. The van der Waals surface area contributed by atoms with Crippen LogP contribution in [0.15, 0.2) is 0 Å². The molecule has 0 aromatic rings. The molecule has 2 atom stereocenters. The van der Waals surface area contributed by atoms with E-state index in [2.05, 4.69) is 11.9 Å². The van der Waals surface area contributed by atoms with Gasteiger partial charge in [0.05, 0.1) is 12.7 Å². The summed E-state index contributed by atoms with van der Waals surface area (Å²) in [5.74, 6) is 0.488. The lowest BCUT2D eigenvalue weighted by Gasteiger charge is -2.22. The molecule has 0 heterocycles. The van der Waals surface area contributed by atoms with Crippen molar-refractivity contribution in [1.29, 1.82) is 0 Å². The highest BCUT2D eigenvalue weighted by molar-refractivity contribution is 4.78. The molecule has 1 saturated carbocycles. The zero-order valence-electron chi connectivity index (χ0n) is 9.41. The molecule has 0 saturated heterocycles. The molecular weight excluding hydrogens is 178 g/mol. The lowest BCUT2D eigenvalue weighted by Crippen LogP contribution is -2.32. The number of likely N-dealkylation sites (N-methyl/N-ethyl adjacent to an activating group) is 1. The molecule has 84 valence electrons. The van der Waals surface area contributed by atoms with E-state index in [-0.39, 0.29) is 6.10 Å². The number of hydrogen-bond acceptors (Lipinski definition) is 3. The predicted molar refractivity (Wildman–Crippen MR) is 57.3 cm³/mol. The molecule has 3 heteroatoms. The molecule has 1 rings (SSSR count). The summed E-state index contributed by atoms with van der Waals surface area (Å²) >= 11 is 0. The molecule has 2 unspecified atom stereocenters. The summed E-state index contributed by atoms with van der Waals surface area (Å²) in [6.07, 6.45) is 3.29. The lowest BCUT2D eigenvalue weighted by molar-refractivity contribution is 0.0870. The molecule has 3 nitrogen and oxygen atoms in total. The first-order valence-corrected chi connectivity index (χ1v) is 5.68. The molecule has 1 fully saturated rings. The van der Waals surface area contributed by atoms with Crippen molar-refractivity contribution >= 4 is 0 Å². The van der Waals surface area contributed by atoms with Crippen molar-refractivity contribution in [1.82, 2.24) is 4.90 Å². The Morgan fingerprint density at radius 2 is 2.21 bits per heavy atom. The van der Waals surface area contributed by atoms with Crippen LogP contribution < -0.4 is 0 Å². The van der Waals surface area contributed by atoms with Crippen LogP contribution in [-0.2, 0) is 4.74 Å². The van der Waals surface area contributed by atoms with Gasteiger partial charge in [0.2, 0.25) is 0 Å². The SMILES string of the molecule is CCOCCN(C)CC1CCCC1O. The Kier molecular flexibility index (Phi) is 5.45. The topological polar surface area (TPSA) is 32.7 Å². The van der Waals surface area contributed by atoms with Crippen LogP contribution in [0.2, 0.25) is 0 Å². The van der Waals surface area contributed by atoms with E-state index >= 15 is 0 Å². The fourth-order valence-corrected chi connectivity index (χ4v) is 2.09. The fraction of sp³-hybridized carbons (Fsp3) is 1.00. The third-order valence-electron chi connectivity index (χ3n) is 2.99. The quantitative estimate of drug-likeness (QED) is 0.654. The second-order valence-corrected chi connectivity index (χ2v) is 4.22. The van der Waals surface area contributed by atoms with Gasteiger partial charge in [0.15, 0.2) is 0 Å². The first kappa shape index (κ1) is 12.0. The molecule has 1 aliphatic carbocycles. The lowest BCUT2D eigenvalue weighted by atomic mass is 10.1. The van der Waals surface area contributed by atoms with E-state index in [0.29, 0.717) is 5.92 Å². The Hall–Kier alpha value is -0.120. The van der Waals surface area contributed by atoms with Crippen LogP contribution in [0.25, 0.3) is 0 Å². The maximum absolute atomic E-state index is 9.65. The molecule has 1 aliphatic rings. The van der Waals surface area contributed by atoms with E-state index in [1.54, 1.807) is 0 Å². The van der Waals surface area contributed by atoms with Gasteiger partial charge in [-0.3, -0.25) is 0 Å². The summed E-state index contributed by atoms with van der Waals surface area (Å²) in [6, 6.07) is 0. The summed E-state index contributed by atoms with van der Waals surface area (Å²) in [4.78, 5) is 2.26. The highest BCUT2D eigenvalue weighted by Crippen LogP contribution is 2.25. The van der Waals surface area contributed by atoms with Gasteiger partial charge in [-0.1, -0.05) is 6.42 Å². The smallest absolute Gasteiger partial charge is 0.0593 e. The van der Waals surface area contributed by atoms with Crippen molar-refractivity contribution in [3.63, 3.8) is 0 Å². The van der Waals surface area contributed by atoms with Gasteiger partial charge >= 0.3 is 0 Å². The fourth-order valence-electron chi connectivity index (χ4n) is 2.09. The molecule has 0 aliphatic heterocycles. The van der Waals surface area contributed by atoms with Crippen LogP contribution in [-0.4, -0.2) is 49.5 Å². The average molecular weight is 201 g/mol. The van der Waals surface area contributed by atoms with Gasteiger partial charge in [0, 0.05) is 19.7 Å². The Labute approximate surface area is 87.1 Å². The molecule has 1 N–H and O–H groups in total. The zero-order valence-corrected chi connectivity index (χ0v) is 9.41. The molecule has 14 heavy (non-hydrogen) atoms. The molecular formula is C11H23NO2. The standard InChI is InChI=1S/C11H23NO2/c1-3-14-8-7-12(2)9-10-5-4-6-11(10)13/h10-11,13H,3-9H2,1-2H3. The molecule has 0 bridgehead atoms. The second kappa shape index (κ2) is 6.38. The number of aliphatic hydroxyl groups excluding tert-OH is 1. The highest BCUT2D eigenvalue weighted by Gasteiger charge is 2.25. The summed E-state index contributed by atoms with van der Waals surface area (Å²) in [7, 11) is 2.10. The van der Waals surface area contributed by atoms with Crippen LogP contribution in [0.3, 0.4) is 0 Å². The number of hydrogen-bond donors (Lipinski definition) is 1. The van der Waals surface area contributed by atoms with Crippen molar-refractivity contribution in [3.05, 3.63) is 0 Å². The molecule has 0 aromatic heterocycles. The van der Waals surface area contributed by atoms with Gasteiger partial charge in [-0.25, -0.2) is 0 Å². The predicted octanol–water partition coefficient (Wildman–Crippen LogP) is 1.12. The summed E-state index contributed by atoms with van der Waals surface area (Å²) in [5, 5.41) is 9.65. The van der Waals surface area contributed by atoms with Crippen LogP contribution in [0.4, 0.5) is 0 Å². The van der Waals surface area contributed by atoms with Crippen molar-refractivity contribution < 1.29 is 9.84 Å². The van der Waals surface area contributed by atoms with Crippen LogP contribution in [0.1, 0.15) is 26.2 Å². The number of rotatable bonds is 6. The van der Waals surface area contributed by atoms with E-state index in [0.717, 1.165) is 32.7 Å². The Balaban J connectivity index is 2.09. The molecule has 0 radical (unpaired) electrons. The van der Waals surface area contributed by atoms with Gasteiger partial charge in [0.1, 0.15) is 0 Å². The maximum Gasteiger partial charge on any atom is 0.0593 e. The Bertz CT molecular complexity index is 152. The first-order chi connectivity index (χ1) is 6.74. The van der Waals surface area contributed by atoms with Crippen molar-refractivity contribution in [3.8, 4) is 0 Å². The second-order valence-electron chi connectivity index (χ2n) is 4.22. The van der Waals surface area contributed by atoms with Gasteiger partial charge in [0.25, 0.3) is 0 Å². The number of ether oxygens (including phenoxy) is 1. The average Bonchev–Trinajstić information content (AvgIpc) is 2.52. The van der Waals surface area contributed by atoms with Crippen molar-refractivity contribution in [2.75, 3.05) is 33.4 Å². The third kappa shape index (κ3) is 3.95. The van der Waals surface area contributed by atoms with Gasteiger partial charge in [-0.2, -0.15) is 0 Å². The van der Waals surface area contributed by atoms with Crippen molar-refractivity contribution in [2.24, 2.45) is 5.92 Å². The maximum atomic E-state index is 9.65. The van der Waals surface area contributed by atoms with E-state index in [9.17, 15) is 5.11 Å². The van der Waals surface area contributed by atoms with Gasteiger partial charge in [-0.05, 0) is 32.7 Å². The summed E-state index contributed by atoms with van der Waals surface area (Å²) < 4.78 is 5.29. The number of nitrogens with zero attached hydrogens (tertiary/aromatic N) is 1. The van der Waals surface area contributed by atoms with Crippen molar-refractivity contribution in [2.45, 2.75) is 32.3 Å². The zero-order chi connectivity index (χ0) is 10.4. The van der Waals surface area contributed by atoms with Crippen LogP contribution >= 0.6 is 0 Å². The van der Waals surface area contributed by atoms with Gasteiger partial charge < -0.3 is 14.7 Å². The minimum Gasteiger partial charge on any atom is -0.393 e. The normalized spacial score (nSPS) is 27.4. The number of aliphatic hydroxyl groups is 1. The largest absolute Gasteiger partial charge is 0.393 e. The van der Waals surface area contributed by atoms with E-state index in [4.69, 9.17) is 4.74 Å². The monoisotopic (exact) mass is 201 g/mol. The van der Waals surface area contributed by atoms with Crippen LogP contribution in [0.5, 0.6) is 0 Å². The molecule has 0 spiro atoms. The van der Waals surface area contributed by atoms with Crippen LogP contribution in [0, 0.1) is 5.92 Å². The minimum absolute atomic E-state index is 0.0652. The first-order valence-electron chi connectivity index (χ1n) is 5.68. The van der Waals surface area contributed by atoms with E-state index < -0.39 is 0 Å². The molecule has 0 aromatic carbocycles. The Morgan fingerprint density at radius 1 is 1.43 bits per heavy atom. The van der Waals surface area contributed by atoms with E-state index in [1.165, 1.54) is 12.8 Å². The van der Waals surface area contributed by atoms with Gasteiger partial charge in [-0.15, -0.1) is 0 Å². The molecule has 0 amide bonds. The third-order valence-corrected chi connectivity index (χ3v) is 2.99. The van der Waals surface area contributed by atoms with E-state index in [1.807, 2.05) is 6.92 Å². The minimum atomic E-state index is -0.0652. The Morgan fingerprint density at radius 3 is 2.79 bits per heavy atom.